The van der Waals surface area contributed by atoms with Gasteiger partial charge in [0.2, 0.25) is 11.8 Å². The summed E-state index contributed by atoms with van der Waals surface area (Å²) in [6, 6.07) is 16.4. The minimum absolute atomic E-state index is 0.0277. The molecule has 1 aliphatic heterocycles. The van der Waals surface area contributed by atoms with E-state index in [0.29, 0.717) is 23.5 Å². The van der Waals surface area contributed by atoms with Gasteiger partial charge in [0.1, 0.15) is 0 Å². The first-order valence-electron chi connectivity index (χ1n) is 14.7. The summed E-state index contributed by atoms with van der Waals surface area (Å²) in [6.45, 7) is 1.67. The van der Waals surface area contributed by atoms with Crippen molar-refractivity contribution in [1.29, 1.82) is 0 Å². The van der Waals surface area contributed by atoms with E-state index in [-0.39, 0.29) is 23.2 Å². The number of likely N-dealkylation sites (tertiary alicyclic amines) is 1. The van der Waals surface area contributed by atoms with Crippen molar-refractivity contribution in [2.75, 3.05) is 18.4 Å². The van der Waals surface area contributed by atoms with Crippen molar-refractivity contribution >= 4 is 17.5 Å². The highest BCUT2D eigenvalue weighted by molar-refractivity contribution is 5.92. The van der Waals surface area contributed by atoms with E-state index in [4.69, 9.17) is 4.42 Å². The number of oxazole rings is 1. The monoisotopic (exact) mass is 523 g/mol. The Labute approximate surface area is 230 Å². The van der Waals surface area contributed by atoms with Crippen molar-refractivity contribution in [3.05, 3.63) is 72.2 Å². The minimum atomic E-state index is 0.0277. The van der Waals surface area contributed by atoms with Crippen LogP contribution in [0.1, 0.15) is 81.3 Å². The average molecular weight is 524 g/mol. The zero-order valence-electron chi connectivity index (χ0n) is 22.5. The second-order valence-corrected chi connectivity index (χ2v) is 12.6. The highest BCUT2D eigenvalue weighted by Gasteiger charge is 2.49. The number of piperidine rings is 1. The number of aromatic nitrogens is 1. The molecule has 0 bridgehead atoms. The van der Waals surface area contributed by atoms with Gasteiger partial charge in [-0.2, -0.15) is 0 Å². The Morgan fingerprint density at radius 1 is 0.974 bits per heavy atom. The summed E-state index contributed by atoms with van der Waals surface area (Å²) in [5.74, 6) is 1.53. The molecular formula is C33H37N3O3. The van der Waals surface area contributed by atoms with Crippen LogP contribution < -0.4 is 5.32 Å². The molecule has 1 saturated heterocycles. The number of rotatable bonds is 5. The molecule has 4 aliphatic rings. The van der Waals surface area contributed by atoms with Crippen LogP contribution in [0.4, 0.5) is 5.69 Å². The van der Waals surface area contributed by atoms with Gasteiger partial charge in [-0.3, -0.25) is 9.59 Å². The summed E-state index contributed by atoms with van der Waals surface area (Å²) in [5, 5.41) is 3.11. The Morgan fingerprint density at radius 3 is 2.51 bits per heavy atom. The number of carbonyl (C=O) groups is 2. The van der Waals surface area contributed by atoms with E-state index in [1.54, 1.807) is 6.20 Å². The molecule has 2 amide bonds. The van der Waals surface area contributed by atoms with Gasteiger partial charge < -0.3 is 14.6 Å². The number of nitrogens with zero attached hydrogens (tertiary/aromatic N) is 2. The van der Waals surface area contributed by atoms with E-state index in [1.807, 2.05) is 24.3 Å². The third-order valence-electron chi connectivity index (χ3n) is 10.3. The molecule has 2 heterocycles. The summed E-state index contributed by atoms with van der Waals surface area (Å²) in [7, 11) is 0. The molecule has 7 rings (SSSR count). The van der Waals surface area contributed by atoms with E-state index in [2.05, 4.69) is 39.5 Å². The van der Waals surface area contributed by atoms with Gasteiger partial charge in [-0.05, 0) is 97.8 Å². The van der Waals surface area contributed by atoms with E-state index in [1.165, 1.54) is 43.2 Å². The summed E-state index contributed by atoms with van der Waals surface area (Å²) in [6.07, 6.45) is 13.9. The topological polar surface area (TPSA) is 75.4 Å². The quantitative estimate of drug-likeness (QED) is 0.404. The SMILES string of the molecule is O=C(CC1CC2(CCN(C(=O)C3CCC4(CC3)CC4)CC2)c2ccccc21)Nc1cccc(-c2cnco2)c1. The number of anilines is 1. The molecule has 3 aromatic rings. The molecule has 1 N–H and O–H groups in total. The Bertz CT molecular complexity index is 1360. The van der Waals surface area contributed by atoms with Gasteiger partial charge >= 0.3 is 0 Å². The molecular weight excluding hydrogens is 486 g/mol. The third kappa shape index (κ3) is 4.68. The normalized spacial score (nSPS) is 23.1. The first-order valence-corrected chi connectivity index (χ1v) is 14.7. The van der Waals surface area contributed by atoms with Gasteiger partial charge in [0.15, 0.2) is 12.2 Å². The Morgan fingerprint density at radius 2 is 1.77 bits per heavy atom. The average Bonchev–Trinajstić information content (AvgIpc) is 3.37. The molecule has 39 heavy (non-hydrogen) atoms. The number of benzene rings is 2. The Balaban J connectivity index is 1.00. The second-order valence-electron chi connectivity index (χ2n) is 12.6. The maximum Gasteiger partial charge on any atom is 0.225 e. The predicted octanol–water partition coefficient (Wildman–Crippen LogP) is 6.69. The van der Waals surface area contributed by atoms with E-state index in [9.17, 15) is 9.59 Å². The number of hydrogen-bond donors (Lipinski definition) is 1. The molecule has 202 valence electrons. The van der Waals surface area contributed by atoms with Crippen LogP contribution in [0, 0.1) is 11.3 Å². The number of fused-ring (bicyclic) bond motifs is 2. The molecule has 6 nitrogen and oxygen atoms in total. The maximum atomic E-state index is 13.4. The third-order valence-corrected chi connectivity index (χ3v) is 10.3. The van der Waals surface area contributed by atoms with Crippen LogP contribution in [0.5, 0.6) is 0 Å². The fourth-order valence-corrected chi connectivity index (χ4v) is 7.79. The van der Waals surface area contributed by atoms with Crippen LogP contribution in [-0.2, 0) is 15.0 Å². The maximum absolute atomic E-state index is 13.4. The number of carbonyl (C=O) groups excluding carboxylic acids is 2. The molecule has 6 heteroatoms. The van der Waals surface area contributed by atoms with Gasteiger partial charge in [-0.25, -0.2) is 4.98 Å². The van der Waals surface area contributed by atoms with Crippen molar-refractivity contribution in [3.63, 3.8) is 0 Å². The first kappa shape index (κ1) is 24.6. The highest BCUT2D eigenvalue weighted by atomic mass is 16.3. The van der Waals surface area contributed by atoms with E-state index >= 15 is 0 Å². The Hall–Kier alpha value is -3.41. The molecule has 2 saturated carbocycles. The minimum Gasteiger partial charge on any atom is -0.444 e. The van der Waals surface area contributed by atoms with Crippen molar-refractivity contribution in [2.45, 2.75) is 75.5 Å². The van der Waals surface area contributed by atoms with Gasteiger partial charge in [-0.15, -0.1) is 0 Å². The molecule has 1 atom stereocenters. The van der Waals surface area contributed by atoms with Gasteiger partial charge in [-0.1, -0.05) is 36.4 Å². The van der Waals surface area contributed by atoms with Crippen LogP contribution in [0.15, 0.2) is 65.5 Å². The lowest BCUT2D eigenvalue weighted by atomic mass is 9.72. The van der Waals surface area contributed by atoms with Crippen LogP contribution in [0.3, 0.4) is 0 Å². The number of hydrogen-bond acceptors (Lipinski definition) is 4. The van der Waals surface area contributed by atoms with Crippen LogP contribution in [0.2, 0.25) is 0 Å². The fraction of sp³-hybridized carbons (Fsp3) is 0.485. The van der Waals surface area contributed by atoms with Crippen LogP contribution >= 0.6 is 0 Å². The molecule has 2 spiro atoms. The molecule has 3 fully saturated rings. The van der Waals surface area contributed by atoms with Gasteiger partial charge in [0.25, 0.3) is 0 Å². The molecule has 0 radical (unpaired) electrons. The zero-order chi connectivity index (χ0) is 26.5. The molecule has 1 unspecified atom stereocenters. The standard InChI is InChI=1S/C33H37N3O3/c37-30(35-26-5-3-4-24(18-26)29-21-34-22-39-29)19-25-20-33(28-7-2-1-6-27(25)28)14-16-36(17-15-33)31(38)23-8-10-32(11-9-23)12-13-32/h1-7,18,21-23,25H,8-17,19-20H2,(H,35,37). The molecule has 3 aliphatic carbocycles. The van der Waals surface area contributed by atoms with Crippen molar-refractivity contribution in [2.24, 2.45) is 11.3 Å². The van der Waals surface area contributed by atoms with E-state index in [0.717, 1.165) is 56.4 Å². The molecule has 1 aromatic heterocycles. The summed E-state index contributed by atoms with van der Waals surface area (Å²) >= 11 is 0. The lowest BCUT2D eigenvalue weighted by Crippen LogP contribution is -2.47. The van der Waals surface area contributed by atoms with Crippen molar-refractivity contribution in [3.8, 4) is 11.3 Å². The smallest absolute Gasteiger partial charge is 0.225 e. The highest BCUT2D eigenvalue weighted by Crippen LogP contribution is 2.57. The van der Waals surface area contributed by atoms with Crippen LogP contribution in [-0.4, -0.2) is 34.8 Å². The Kier molecular flexibility index (Phi) is 6.09. The lowest BCUT2D eigenvalue weighted by Gasteiger charge is -2.42. The summed E-state index contributed by atoms with van der Waals surface area (Å²) in [5.41, 5.74) is 5.04. The summed E-state index contributed by atoms with van der Waals surface area (Å²) in [4.78, 5) is 32.7. The van der Waals surface area contributed by atoms with E-state index < -0.39 is 0 Å². The number of amides is 2. The van der Waals surface area contributed by atoms with Crippen LogP contribution in [0.25, 0.3) is 11.3 Å². The fourth-order valence-electron chi connectivity index (χ4n) is 7.79. The van der Waals surface area contributed by atoms with Gasteiger partial charge in [0.05, 0.1) is 6.20 Å². The number of nitrogens with one attached hydrogen (secondary N) is 1. The predicted molar refractivity (Wildman–Crippen MR) is 150 cm³/mol. The molecule has 2 aromatic carbocycles. The van der Waals surface area contributed by atoms with Crippen molar-refractivity contribution < 1.29 is 14.0 Å². The zero-order valence-corrected chi connectivity index (χ0v) is 22.5. The van der Waals surface area contributed by atoms with Crippen molar-refractivity contribution in [1.82, 2.24) is 9.88 Å². The largest absolute Gasteiger partial charge is 0.444 e. The lowest BCUT2D eigenvalue weighted by molar-refractivity contribution is -0.138. The first-order chi connectivity index (χ1) is 19.0. The summed E-state index contributed by atoms with van der Waals surface area (Å²) < 4.78 is 5.41. The second kappa shape index (κ2) is 9.65. The van der Waals surface area contributed by atoms with Gasteiger partial charge in [0, 0.05) is 36.7 Å².